The van der Waals surface area contributed by atoms with Gasteiger partial charge < -0.3 is 16.2 Å². The van der Waals surface area contributed by atoms with Crippen LogP contribution in [0.3, 0.4) is 0 Å². The third kappa shape index (κ3) is 3.23. The highest BCUT2D eigenvalue weighted by Gasteiger charge is 2.22. The fourth-order valence-corrected chi connectivity index (χ4v) is 2.58. The number of aryl methyl sites for hydroxylation is 1. The molecule has 110 valence electrons. The molecule has 1 saturated carbocycles. The van der Waals surface area contributed by atoms with Crippen LogP contribution in [-0.2, 0) is 6.54 Å². The fourth-order valence-electron chi connectivity index (χ4n) is 2.58. The Labute approximate surface area is 119 Å². The van der Waals surface area contributed by atoms with E-state index in [0.29, 0.717) is 17.2 Å². The number of aromatic nitrogens is 2. The quantitative estimate of drug-likeness (QED) is 0.762. The average molecular weight is 277 g/mol. The largest absolute Gasteiger partial charge is 0.393 e. The molecule has 2 rings (SSSR count). The first kappa shape index (κ1) is 14.7. The van der Waals surface area contributed by atoms with Gasteiger partial charge in [0.15, 0.2) is 5.82 Å². The summed E-state index contributed by atoms with van der Waals surface area (Å²) in [6.45, 7) is 2.85. The summed E-state index contributed by atoms with van der Waals surface area (Å²) in [6, 6.07) is 2.40. The monoisotopic (exact) mass is 277 g/mol. The number of aliphatic hydroxyl groups is 1. The Morgan fingerprint density at radius 3 is 2.75 bits per heavy atom. The van der Waals surface area contributed by atoms with Crippen molar-refractivity contribution in [3.05, 3.63) is 5.56 Å². The van der Waals surface area contributed by atoms with Crippen LogP contribution >= 0.6 is 0 Å². The van der Waals surface area contributed by atoms with Gasteiger partial charge in [0.05, 0.1) is 6.10 Å². The minimum absolute atomic E-state index is 0.185. The maximum absolute atomic E-state index is 9.52. The summed E-state index contributed by atoms with van der Waals surface area (Å²) in [7, 11) is 0. The lowest BCUT2D eigenvalue weighted by atomic mass is 9.93. The molecule has 1 aliphatic carbocycles. The number of rotatable bonds is 5. The Kier molecular flexibility index (Phi) is 4.85. The second-order valence-electron chi connectivity index (χ2n) is 5.45. The molecule has 1 aromatic heterocycles. The lowest BCUT2D eigenvalue weighted by molar-refractivity contribution is 0.126. The van der Waals surface area contributed by atoms with E-state index >= 15 is 0 Å². The van der Waals surface area contributed by atoms with E-state index in [2.05, 4.69) is 23.4 Å². The number of hydrogen-bond donors (Lipinski definition) is 3. The van der Waals surface area contributed by atoms with Crippen LogP contribution in [0, 0.1) is 11.3 Å². The maximum atomic E-state index is 9.52. The average Bonchev–Trinajstić information content (AvgIpc) is 2.74. The number of nitrogens with one attached hydrogen (secondary N) is 1. The topological polar surface area (TPSA) is 99.9 Å². The second-order valence-corrected chi connectivity index (χ2v) is 5.45. The van der Waals surface area contributed by atoms with E-state index in [-0.39, 0.29) is 12.1 Å². The van der Waals surface area contributed by atoms with Gasteiger partial charge in [-0.2, -0.15) is 10.4 Å². The summed E-state index contributed by atoms with van der Waals surface area (Å²) >= 11 is 0. The number of unbranched alkanes of at least 4 members (excludes halogenated alkanes) is 1. The van der Waals surface area contributed by atoms with E-state index in [4.69, 9.17) is 5.73 Å². The smallest absolute Gasteiger partial charge is 0.168 e. The minimum atomic E-state index is -0.185. The molecule has 1 aliphatic rings. The van der Waals surface area contributed by atoms with Crippen molar-refractivity contribution in [3.63, 3.8) is 0 Å². The molecule has 6 nitrogen and oxygen atoms in total. The van der Waals surface area contributed by atoms with E-state index in [1.807, 2.05) is 0 Å². The van der Waals surface area contributed by atoms with Crippen LogP contribution in [0.2, 0.25) is 0 Å². The predicted molar refractivity (Wildman–Crippen MR) is 78.1 cm³/mol. The molecule has 0 atom stereocenters. The van der Waals surface area contributed by atoms with E-state index in [9.17, 15) is 10.4 Å². The Hall–Kier alpha value is -1.74. The summed E-state index contributed by atoms with van der Waals surface area (Å²) in [5, 5.41) is 26.5. The Morgan fingerprint density at radius 2 is 2.15 bits per heavy atom. The molecule has 1 heterocycles. The number of aliphatic hydroxyl groups excluding tert-OH is 1. The van der Waals surface area contributed by atoms with Gasteiger partial charge >= 0.3 is 0 Å². The summed E-state index contributed by atoms with van der Waals surface area (Å²) in [4.78, 5) is 0. The van der Waals surface area contributed by atoms with Crippen LogP contribution in [0.15, 0.2) is 0 Å². The lowest BCUT2D eigenvalue weighted by Gasteiger charge is -2.26. The molecule has 0 amide bonds. The van der Waals surface area contributed by atoms with Crippen LogP contribution in [0.5, 0.6) is 0 Å². The Balaban J connectivity index is 2.08. The second kappa shape index (κ2) is 6.62. The number of nitrogens with two attached hydrogens (primary N) is 1. The molecule has 1 fully saturated rings. The van der Waals surface area contributed by atoms with Crippen molar-refractivity contribution in [2.45, 2.75) is 64.1 Å². The first-order valence-electron chi connectivity index (χ1n) is 7.36. The van der Waals surface area contributed by atoms with Crippen molar-refractivity contribution >= 4 is 11.6 Å². The molecule has 0 spiro atoms. The zero-order chi connectivity index (χ0) is 14.5. The standard InChI is InChI=1S/C14H23N5O/c1-2-3-8-19-13(16)12(9-15)14(18-19)17-10-4-6-11(20)7-5-10/h10-11,20H,2-8,16H2,1H3,(H,17,18). The van der Waals surface area contributed by atoms with Crippen molar-refractivity contribution in [2.24, 2.45) is 0 Å². The molecular weight excluding hydrogens is 254 g/mol. The number of hydrogen-bond acceptors (Lipinski definition) is 5. The molecule has 0 radical (unpaired) electrons. The first-order valence-corrected chi connectivity index (χ1v) is 7.36. The van der Waals surface area contributed by atoms with Crippen LogP contribution in [0.4, 0.5) is 11.6 Å². The third-order valence-corrected chi connectivity index (χ3v) is 3.86. The molecule has 0 aromatic carbocycles. The van der Waals surface area contributed by atoms with Gasteiger partial charge in [-0.05, 0) is 32.1 Å². The van der Waals surface area contributed by atoms with Gasteiger partial charge in [0.1, 0.15) is 17.5 Å². The van der Waals surface area contributed by atoms with Crippen LogP contribution < -0.4 is 11.1 Å². The predicted octanol–water partition coefficient (Wildman–Crippen LogP) is 1.85. The van der Waals surface area contributed by atoms with Gasteiger partial charge in [-0.15, -0.1) is 0 Å². The number of nitriles is 1. The van der Waals surface area contributed by atoms with E-state index in [0.717, 1.165) is 45.1 Å². The van der Waals surface area contributed by atoms with E-state index < -0.39 is 0 Å². The summed E-state index contributed by atoms with van der Waals surface area (Å²) < 4.78 is 1.71. The Morgan fingerprint density at radius 1 is 1.45 bits per heavy atom. The molecule has 0 bridgehead atoms. The zero-order valence-corrected chi connectivity index (χ0v) is 12.0. The molecule has 1 aromatic rings. The van der Waals surface area contributed by atoms with Crippen LogP contribution in [0.25, 0.3) is 0 Å². The van der Waals surface area contributed by atoms with E-state index in [1.54, 1.807) is 4.68 Å². The highest BCUT2D eigenvalue weighted by atomic mass is 16.3. The van der Waals surface area contributed by atoms with Crippen molar-refractivity contribution in [1.82, 2.24) is 9.78 Å². The van der Waals surface area contributed by atoms with Crippen molar-refractivity contribution < 1.29 is 5.11 Å². The van der Waals surface area contributed by atoms with E-state index in [1.165, 1.54) is 0 Å². The van der Waals surface area contributed by atoms with Crippen molar-refractivity contribution in [1.29, 1.82) is 5.26 Å². The zero-order valence-electron chi connectivity index (χ0n) is 12.0. The molecule has 4 N–H and O–H groups in total. The van der Waals surface area contributed by atoms with Gasteiger partial charge in [0.2, 0.25) is 0 Å². The Bertz CT molecular complexity index is 482. The first-order chi connectivity index (χ1) is 9.65. The molecule has 0 aliphatic heterocycles. The van der Waals surface area contributed by atoms with Crippen molar-refractivity contribution in [3.8, 4) is 6.07 Å². The van der Waals surface area contributed by atoms with Gasteiger partial charge in [0.25, 0.3) is 0 Å². The minimum Gasteiger partial charge on any atom is -0.393 e. The normalized spacial score (nSPS) is 22.4. The maximum Gasteiger partial charge on any atom is 0.168 e. The summed E-state index contributed by atoms with van der Waals surface area (Å²) in [6.07, 6.45) is 5.25. The van der Waals surface area contributed by atoms with Gasteiger partial charge in [0, 0.05) is 12.6 Å². The lowest BCUT2D eigenvalue weighted by Crippen LogP contribution is -2.28. The highest BCUT2D eigenvalue weighted by Crippen LogP contribution is 2.26. The number of nitrogens with zero attached hydrogens (tertiary/aromatic N) is 3. The van der Waals surface area contributed by atoms with Gasteiger partial charge in [-0.3, -0.25) is 0 Å². The molecule has 0 unspecified atom stereocenters. The van der Waals surface area contributed by atoms with Crippen molar-refractivity contribution in [2.75, 3.05) is 11.1 Å². The summed E-state index contributed by atoms with van der Waals surface area (Å²) in [5.41, 5.74) is 6.42. The third-order valence-electron chi connectivity index (χ3n) is 3.86. The van der Waals surface area contributed by atoms with Gasteiger partial charge in [-0.25, -0.2) is 4.68 Å². The fraction of sp³-hybridized carbons (Fsp3) is 0.714. The van der Waals surface area contributed by atoms with Gasteiger partial charge in [-0.1, -0.05) is 13.3 Å². The van der Waals surface area contributed by atoms with Crippen LogP contribution in [0.1, 0.15) is 51.0 Å². The summed E-state index contributed by atoms with van der Waals surface area (Å²) in [5.74, 6) is 1.03. The number of nitrogen functional groups attached to an aromatic ring is 1. The molecule has 20 heavy (non-hydrogen) atoms. The molecule has 0 saturated heterocycles. The molecular formula is C14H23N5O. The molecule has 6 heteroatoms. The highest BCUT2D eigenvalue weighted by molar-refractivity contribution is 5.64. The number of anilines is 2. The van der Waals surface area contributed by atoms with Crippen LogP contribution in [-0.4, -0.2) is 27.0 Å². The SMILES string of the molecule is CCCCn1nc(NC2CCC(O)CC2)c(C#N)c1N.